The fraction of sp³-hybridized carbons (Fsp3) is 0.200. The second kappa shape index (κ2) is 10.4. The molecule has 1 fully saturated rings. The first kappa shape index (κ1) is 24.0. The van der Waals surface area contributed by atoms with Crippen molar-refractivity contribution in [1.82, 2.24) is 14.4 Å². The first-order valence-electron chi connectivity index (χ1n) is 10.8. The maximum Gasteiger partial charge on any atom is 0.272 e. The summed E-state index contributed by atoms with van der Waals surface area (Å²) in [7, 11) is -3.06. The summed E-state index contributed by atoms with van der Waals surface area (Å²) >= 11 is 0. The molecule has 0 N–H and O–H groups in total. The van der Waals surface area contributed by atoms with Crippen LogP contribution in [0.15, 0.2) is 90.0 Å². The third kappa shape index (κ3) is 5.32. The summed E-state index contributed by atoms with van der Waals surface area (Å²) in [6, 6.07) is 19.9. The molecule has 1 saturated heterocycles. The lowest BCUT2D eigenvalue weighted by molar-refractivity contribution is 0.0645. The number of rotatable bonds is 7. The molecule has 1 aromatic heterocycles. The molecule has 4 rings (SSSR count). The second-order valence-corrected chi connectivity index (χ2v) is 11.5. The Morgan fingerprint density at radius 2 is 1.79 bits per heavy atom. The van der Waals surface area contributed by atoms with Crippen molar-refractivity contribution in [3.8, 4) is 11.3 Å². The SMILES string of the molecule is C=C/C=C(\SS(=O)(=O)N1CCN(C(=O)c2ccccc2)CC1C)c1cc(-c2ccccc2)no1. The van der Waals surface area contributed by atoms with Crippen LogP contribution in [0.2, 0.25) is 0 Å². The van der Waals surface area contributed by atoms with E-state index in [4.69, 9.17) is 4.52 Å². The van der Waals surface area contributed by atoms with Gasteiger partial charge in [0.15, 0.2) is 5.76 Å². The van der Waals surface area contributed by atoms with Crippen LogP contribution in [0.4, 0.5) is 0 Å². The zero-order valence-electron chi connectivity index (χ0n) is 18.7. The molecule has 0 saturated carbocycles. The van der Waals surface area contributed by atoms with Crippen molar-refractivity contribution in [3.05, 3.63) is 96.8 Å². The van der Waals surface area contributed by atoms with Gasteiger partial charge in [0.25, 0.3) is 15.0 Å². The largest absolute Gasteiger partial charge is 0.355 e. The van der Waals surface area contributed by atoms with Crippen LogP contribution in [-0.4, -0.2) is 54.4 Å². The molecule has 1 amide bonds. The summed E-state index contributed by atoms with van der Waals surface area (Å²) in [5, 5.41) is 4.09. The topological polar surface area (TPSA) is 83.7 Å². The fourth-order valence-corrected chi connectivity index (χ4v) is 7.29. The molecule has 0 bridgehead atoms. The Balaban J connectivity index is 1.48. The lowest BCUT2D eigenvalue weighted by atomic mass is 10.1. The van der Waals surface area contributed by atoms with Crippen LogP contribution >= 0.6 is 10.8 Å². The van der Waals surface area contributed by atoms with Gasteiger partial charge in [0, 0.05) is 53.7 Å². The normalized spacial score (nSPS) is 17.5. The highest BCUT2D eigenvalue weighted by Crippen LogP contribution is 2.37. The van der Waals surface area contributed by atoms with Gasteiger partial charge in [-0.3, -0.25) is 4.79 Å². The lowest BCUT2D eigenvalue weighted by Gasteiger charge is -2.38. The molecule has 7 nitrogen and oxygen atoms in total. The number of aromatic nitrogens is 1. The number of hydrogen-bond acceptors (Lipinski definition) is 6. The minimum absolute atomic E-state index is 0.0977. The summed E-state index contributed by atoms with van der Waals surface area (Å²) in [4.78, 5) is 14.9. The molecule has 34 heavy (non-hydrogen) atoms. The number of piperazine rings is 1. The molecule has 1 atom stereocenters. The van der Waals surface area contributed by atoms with E-state index in [1.165, 1.54) is 10.4 Å². The van der Waals surface area contributed by atoms with E-state index in [0.717, 1.165) is 5.56 Å². The fourth-order valence-electron chi connectivity index (χ4n) is 3.78. The van der Waals surface area contributed by atoms with Crippen LogP contribution in [0.3, 0.4) is 0 Å². The number of carbonyl (C=O) groups excluding carboxylic acids is 1. The van der Waals surface area contributed by atoms with Crippen LogP contribution in [0.5, 0.6) is 0 Å². The summed E-state index contributed by atoms with van der Waals surface area (Å²) in [6.45, 7) is 6.35. The molecule has 176 valence electrons. The average Bonchev–Trinajstić information content (AvgIpc) is 3.34. The van der Waals surface area contributed by atoms with Crippen LogP contribution in [0, 0.1) is 0 Å². The van der Waals surface area contributed by atoms with E-state index in [1.807, 2.05) is 48.5 Å². The quantitative estimate of drug-likeness (QED) is 0.349. The van der Waals surface area contributed by atoms with Crippen molar-refractivity contribution in [1.29, 1.82) is 0 Å². The zero-order valence-corrected chi connectivity index (χ0v) is 20.3. The van der Waals surface area contributed by atoms with Gasteiger partial charge in [-0.25, -0.2) is 8.42 Å². The molecule has 0 radical (unpaired) electrons. The van der Waals surface area contributed by atoms with E-state index in [-0.39, 0.29) is 18.5 Å². The minimum Gasteiger partial charge on any atom is -0.355 e. The number of hydrogen-bond donors (Lipinski definition) is 0. The van der Waals surface area contributed by atoms with E-state index in [0.29, 0.717) is 45.8 Å². The Labute approximate surface area is 203 Å². The van der Waals surface area contributed by atoms with E-state index in [1.54, 1.807) is 36.1 Å². The van der Waals surface area contributed by atoms with Gasteiger partial charge in [0.05, 0.1) is 4.91 Å². The van der Waals surface area contributed by atoms with E-state index < -0.39 is 9.06 Å². The van der Waals surface area contributed by atoms with Gasteiger partial charge in [-0.05, 0) is 25.1 Å². The highest BCUT2D eigenvalue weighted by atomic mass is 33.1. The molecule has 2 aromatic carbocycles. The maximum absolute atomic E-state index is 13.3. The molecular weight excluding hydrogens is 470 g/mol. The molecule has 1 aliphatic rings. The lowest BCUT2D eigenvalue weighted by Crippen LogP contribution is -2.54. The van der Waals surface area contributed by atoms with Gasteiger partial charge in [0.2, 0.25) is 0 Å². The zero-order chi connectivity index (χ0) is 24.1. The molecule has 0 aliphatic carbocycles. The Kier molecular flexibility index (Phi) is 7.35. The van der Waals surface area contributed by atoms with E-state index in [2.05, 4.69) is 11.7 Å². The number of amides is 1. The maximum atomic E-state index is 13.3. The Morgan fingerprint density at radius 3 is 2.44 bits per heavy atom. The summed E-state index contributed by atoms with van der Waals surface area (Å²) in [6.07, 6.45) is 3.11. The molecule has 1 unspecified atom stereocenters. The van der Waals surface area contributed by atoms with Crippen LogP contribution in [0.25, 0.3) is 16.2 Å². The molecule has 9 heteroatoms. The van der Waals surface area contributed by atoms with E-state index >= 15 is 0 Å². The smallest absolute Gasteiger partial charge is 0.272 e. The highest BCUT2D eigenvalue weighted by molar-refractivity contribution is 8.74. The molecule has 3 aromatic rings. The molecular formula is C25H25N3O4S2. The Morgan fingerprint density at radius 1 is 1.12 bits per heavy atom. The van der Waals surface area contributed by atoms with E-state index in [9.17, 15) is 13.2 Å². The predicted octanol–water partition coefficient (Wildman–Crippen LogP) is 4.69. The molecule has 2 heterocycles. The van der Waals surface area contributed by atoms with Gasteiger partial charge in [-0.15, -0.1) is 0 Å². The van der Waals surface area contributed by atoms with Crippen molar-refractivity contribution in [2.75, 3.05) is 19.6 Å². The predicted molar refractivity (Wildman–Crippen MR) is 135 cm³/mol. The second-order valence-electron chi connectivity index (χ2n) is 7.83. The third-order valence-electron chi connectivity index (χ3n) is 5.45. The Bertz CT molecular complexity index is 1290. The van der Waals surface area contributed by atoms with Crippen LogP contribution in [-0.2, 0) is 9.06 Å². The first-order valence-corrected chi connectivity index (χ1v) is 13.6. The molecule has 0 spiro atoms. The summed E-state index contributed by atoms with van der Waals surface area (Å²) in [5.41, 5.74) is 2.08. The monoisotopic (exact) mass is 495 g/mol. The average molecular weight is 496 g/mol. The first-order chi connectivity index (χ1) is 16.4. The van der Waals surface area contributed by atoms with Crippen molar-refractivity contribution in [3.63, 3.8) is 0 Å². The van der Waals surface area contributed by atoms with Gasteiger partial charge in [-0.1, -0.05) is 66.3 Å². The number of benzene rings is 2. The minimum atomic E-state index is -3.76. The van der Waals surface area contributed by atoms with Crippen molar-refractivity contribution in [2.24, 2.45) is 0 Å². The Hall–Kier alpha value is -3.14. The number of carbonyl (C=O) groups is 1. The van der Waals surface area contributed by atoms with Gasteiger partial charge in [0.1, 0.15) is 5.69 Å². The van der Waals surface area contributed by atoms with Gasteiger partial charge >= 0.3 is 0 Å². The summed E-state index contributed by atoms with van der Waals surface area (Å²) in [5.74, 6) is 0.248. The molecule has 1 aliphatic heterocycles. The third-order valence-corrected chi connectivity index (χ3v) is 9.04. The van der Waals surface area contributed by atoms with Crippen molar-refractivity contribution in [2.45, 2.75) is 13.0 Å². The number of allylic oxidation sites excluding steroid dienone is 2. The summed E-state index contributed by atoms with van der Waals surface area (Å²) < 4.78 is 33.5. The highest BCUT2D eigenvalue weighted by Gasteiger charge is 2.36. The van der Waals surface area contributed by atoms with Crippen LogP contribution < -0.4 is 0 Å². The van der Waals surface area contributed by atoms with Crippen molar-refractivity contribution >= 4 is 30.7 Å². The van der Waals surface area contributed by atoms with Gasteiger partial charge in [-0.2, -0.15) is 4.31 Å². The van der Waals surface area contributed by atoms with Crippen molar-refractivity contribution < 1.29 is 17.7 Å². The number of nitrogens with zero attached hydrogens (tertiary/aromatic N) is 3. The standard InChI is InChI=1S/C25H25N3O4S2/c1-3-10-24(23-17-22(26-32-23)20-11-6-4-7-12-20)33-34(30,31)28-16-15-27(18-19(28)2)25(29)21-13-8-5-9-14-21/h3-14,17,19H,1,15-16,18H2,2H3/b24-10-. The van der Waals surface area contributed by atoms with Crippen LogP contribution in [0.1, 0.15) is 23.0 Å². The van der Waals surface area contributed by atoms with Gasteiger partial charge < -0.3 is 9.42 Å².